The van der Waals surface area contributed by atoms with Crippen LogP contribution in [-0.4, -0.2) is 51.0 Å². The van der Waals surface area contributed by atoms with E-state index in [1.807, 2.05) is 6.07 Å². The summed E-state index contributed by atoms with van der Waals surface area (Å²) in [6.45, 7) is 3.49. The van der Waals surface area contributed by atoms with E-state index in [0.29, 0.717) is 19.4 Å². The van der Waals surface area contributed by atoms with E-state index in [-0.39, 0.29) is 11.7 Å². The summed E-state index contributed by atoms with van der Waals surface area (Å²) in [7, 11) is -3.40. The summed E-state index contributed by atoms with van der Waals surface area (Å²) in [6, 6.07) is 10.5. The number of piperidine rings is 1. The van der Waals surface area contributed by atoms with Gasteiger partial charge < -0.3 is 4.74 Å². The lowest BCUT2D eigenvalue weighted by molar-refractivity contribution is -0.138. The molecule has 0 bridgehead atoms. The number of rotatable bonds is 4. The molecule has 6 heteroatoms. The zero-order valence-electron chi connectivity index (χ0n) is 13.6. The fraction of sp³-hybridized carbons (Fsp3) is 0.647. The predicted octanol–water partition coefficient (Wildman–Crippen LogP) is 2.18. The molecule has 0 aromatic heterocycles. The topological polar surface area (TPSA) is 55.8 Å². The van der Waals surface area contributed by atoms with Crippen LogP contribution in [0.4, 0.5) is 0 Å². The highest BCUT2D eigenvalue weighted by molar-refractivity contribution is 7.86. The van der Waals surface area contributed by atoms with Crippen molar-refractivity contribution in [2.45, 2.75) is 43.9 Å². The van der Waals surface area contributed by atoms with Gasteiger partial charge in [0.15, 0.2) is 0 Å². The molecule has 2 fully saturated rings. The molecule has 2 heterocycles. The summed E-state index contributed by atoms with van der Waals surface area (Å²) in [5, 5.41) is 0. The molecular formula is C17H25NO4S. The summed E-state index contributed by atoms with van der Waals surface area (Å²) >= 11 is 0. The minimum atomic E-state index is -3.40. The fourth-order valence-corrected chi connectivity index (χ4v) is 4.28. The van der Waals surface area contributed by atoms with Crippen LogP contribution in [0.3, 0.4) is 0 Å². The van der Waals surface area contributed by atoms with E-state index in [2.05, 4.69) is 29.2 Å². The van der Waals surface area contributed by atoms with Gasteiger partial charge in [0.1, 0.15) is 0 Å². The van der Waals surface area contributed by atoms with Gasteiger partial charge in [0.05, 0.1) is 18.0 Å². The van der Waals surface area contributed by atoms with Crippen LogP contribution in [0, 0.1) is 0 Å². The van der Waals surface area contributed by atoms with Crippen molar-refractivity contribution < 1.29 is 17.3 Å². The van der Waals surface area contributed by atoms with Crippen LogP contribution < -0.4 is 0 Å². The SMILES string of the molecule is CS(=O)(=O)O[C@H]1CCOC2(CCN(Cc3ccccc3)CC2)C1. The Balaban J connectivity index is 1.55. The lowest BCUT2D eigenvalue weighted by atomic mass is 9.83. The van der Waals surface area contributed by atoms with Gasteiger partial charge in [-0.25, -0.2) is 0 Å². The highest BCUT2D eigenvalue weighted by Gasteiger charge is 2.41. The first-order valence-electron chi connectivity index (χ1n) is 8.23. The zero-order chi connectivity index (χ0) is 16.3. The molecule has 5 nitrogen and oxygen atoms in total. The van der Waals surface area contributed by atoms with E-state index in [0.717, 1.165) is 38.7 Å². The molecule has 0 amide bonds. The molecule has 1 spiro atoms. The van der Waals surface area contributed by atoms with Gasteiger partial charge in [0, 0.05) is 32.7 Å². The molecule has 0 aliphatic carbocycles. The number of hydrogen-bond acceptors (Lipinski definition) is 5. The number of benzene rings is 1. The Morgan fingerprint density at radius 3 is 2.61 bits per heavy atom. The quantitative estimate of drug-likeness (QED) is 0.787. The number of likely N-dealkylation sites (tertiary alicyclic amines) is 1. The lowest BCUT2D eigenvalue weighted by Gasteiger charge is -2.45. The zero-order valence-corrected chi connectivity index (χ0v) is 14.4. The van der Waals surface area contributed by atoms with Crippen molar-refractivity contribution in [2.24, 2.45) is 0 Å². The Morgan fingerprint density at radius 2 is 1.96 bits per heavy atom. The fourth-order valence-electron chi connectivity index (χ4n) is 3.62. The maximum Gasteiger partial charge on any atom is 0.264 e. The Labute approximate surface area is 138 Å². The third-order valence-corrected chi connectivity index (χ3v) is 5.40. The van der Waals surface area contributed by atoms with Crippen LogP contribution in [0.2, 0.25) is 0 Å². The number of ether oxygens (including phenoxy) is 1. The van der Waals surface area contributed by atoms with E-state index in [1.54, 1.807) is 0 Å². The average Bonchev–Trinajstić information content (AvgIpc) is 2.50. The van der Waals surface area contributed by atoms with Gasteiger partial charge in [-0.2, -0.15) is 8.42 Å². The van der Waals surface area contributed by atoms with E-state index < -0.39 is 10.1 Å². The first-order chi connectivity index (χ1) is 10.9. The molecule has 1 aromatic carbocycles. The van der Waals surface area contributed by atoms with E-state index in [4.69, 9.17) is 8.92 Å². The van der Waals surface area contributed by atoms with Crippen molar-refractivity contribution in [3.63, 3.8) is 0 Å². The molecule has 2 saturated heterocycles. The molecule has 2 aliphatic heterocycles. The molecule has 23 heavy (non-hydrogen) atoms. The summed E-state index contributed by atoms with van der Waals surface area (Å²) in [4.78, 5) is 2.44. The minimum absolute atomic E-state index is 0.208. The van der Waals surface area contributed by atoms with Gasteiger partial charge in [-0.15, -0.1) is 0 Å². The molecule has 2 aliphatic rings. The van der Waals surface area contributed by atoms with Gasteiger partial charge in [-0.1, -0.05) is 30.3 Å². The molecule has 0 N–H and O–H groups in total. The van der Waals surface area contributed by atoms with Crippen molar-refractivity contribution in [1.82, 2.24) is 4.90 Å². The van der Waals surface area contributed by atoms with Crippen LogP contribution in [0.1, 0.15) is 31.2 Å². The van der Waals surface area contributed by atoms with Crippen LogP contribution >= 0.6 is 0 Å². The molecule has 0 saturated carbocycles. The molecule has 0 unspecified atom stereocenters. The second-order valence-electron chi connectivity index (χ2n) is 6.71. The first kappa shape index (κ1) is 16.9. The Hall–Kier alpha value is -0.950. The monoisotopic (exact) mass is 339 g/mol. The van der Waals surface area contributed by atoms with E-state index in [1.165, 1.54) is 5.56 Å². The molecule has 128 valence electrons. The second-order valence-corrected chi connectivity index (χ2v) is 8.31. The minimum Gasteiger partial charge on any atom is -0.375 e. The highest BCUT2D eigenvalue weighted by Crippen LogP contribution is 2.36. The maximum absolute atomic E-state index is 11.4. The summed E-state index contributed by atoms with van der Waals surface area (Å²) in [6.07, 6.45) is 4.09. The molecule has 0 radical (unpaired) electrons. The van der Waals surface area contributed by atoms with Crippen molar-refractivity contribution in [2.75, 3.05) is 26.0 Å². The molecule has 1 aromatic rings. The number of hydrogen-bond donors (Lipinski definition) is 0. The second kappa shape index (κ2) is 6.89. The summed E-state index contributed by atoms with van der Waals surface area (Å²) < 4.78 is 34.0. The third-order valence-electron chi connectivity index (χ3n) is 4.77. The largest absolute Gasteiger partial charge is 0.375 e. The van der Waals surface area contributed by atoms with Crippen molar-refractivity contribution in [3.8, 4) is 0 Å². The third kappa shape index (κ3) is 4.76. The Kier molecular flexibility index (Phi) is 5.06. The Bertz CT molecular complexity index is 609. The van der Waals surface area contributed by atoms with Crippen molar-refractivity contribution in [3.05, 3.63) is 35.9 Å². The number of nitrogens with zero attached hydrogens (tertiary/aromatic N) is 1. The highest BCUT2D eigenvalue weighted by atomic mass is 32.2. The van der Waals surface area contributed by atoms with Crippen LogP contribution in [0.25, 0.3) is 0 Å². The molecule has 1 atom stereocenters. The van der Waals surface area contributed by atoms with Crippen molar-refractivity contribution in [1.29, 1.82) is 0 Å². The van der Waals surface area contributed by atoms with Gasteiger partial charge >= 0.3 is 0 Å². The van der Waals surface area contributed by atoms with E-state index >= 15 is 0 Å². The standard InChI is InChI=1S/C17H25NO4S/c1-23(19,20)22-16-7-12-21-17(13-16)8-10-18(11-9-17)14-15-5-3-2-4-6-15/h2-6,16H,7-14H2,1H3/t16-/m0/s1. The maximum atomic E-state index is 11.4. The van der Waals surface area contributed by atoms with E-state index in [9.17, 15) is 8.42 Å². The van der Waals surface area contributed by atoms with Crippen molar-refractivity contribution >= 4 is 10.1 Å². The first-order valence-corrected chi connectivity index (χ1v) is 10.0. The normalized spacial score (nSPS) is 25.5. The van der Waals surface area contributed by atoms with Crippen LogP contribution in [0.5, 0.6) is 0 Å². The summed E-state index contributed by atoms with van der Waals surface area (Å²) in [5.41, 5.74) is 1.12. The lowest BCUT2D eigenvalue weighted by Crippen LogP contribution is -2.50. The van der Waals surface area contributed by atoms with Gasteiger partial charge in [-0.3, -0.25) is 9.08 Å². The average molecular weight is 339 g/mol. The summed E-state index contributed by atoms with van der Waals surface area (Å²) in [5.74, 6) is 0. The molecule has 3 rings (SSSR count). The van der Waals surface area contributed by atoms with Crippen LogP contribution in [0.15, 0.2) is 30.3 Å². The van der Waals surface area contributed by atoms with Crippen LogP contribution in [-0.2, 0) is 25.6 Å². The van der Waals surface area contributed by atoms with Gasteiger partial charge in [0.2, 0.25) is 0 Å². The Morgan fingerprint density at radius 1 is 1.26 bits per heavy atom. The predicted molar refractivity (Wildman–Crippen MR) is 88.6 cm³/mol. The van der Waals surface area contributed by atoms with Gasteiger partial charge in [-0.05, 0) is 24.8 Å². The molecular weight excluding hydrogens is 314 g/mol. The smallest absolute Gasteiger partial charge is 0.264 e. The van der Waals surface area contributed by atoms with Gasteiger partial charge in [0.25, 0.3) is 10.1 Å².